The molecular weight excluding hydrogens is 483 g/mol. The summed E-state index contributed by atoms with van der Waals surface area (Å²) < 4.78 is 20.9. The third kappa shape index (κ3) is 4.88. The summed E-state index contributed by atoms with van der Waals surface area (Å²) in [6.07, 6.45) is 2.26. The van der Waals surface area contributed by atoms with Crippen molar-refractivity contribution in [2.45, 2.75) is 32.7 Å². The number of aliphatic hydroxyl groups is 1. The average Bonchev–Trinajstić information content (AvgIpc) is 3.55. The van der Waals surface area contributed by atoms with Gasteiger partial charge in [-0.1, -0.05) is 44.2 Å². The Morgan fingerprint density at radius 1 is 0.974 bits per heavy atom. The van der Waals surface area contributed by atoms with Crippen LogP contribution < -0.4 is 14.5 Å². The van der Waals surface area contributed by atoms with Gasteiger partial charge >= 0.3 is 0 Å². The number of halogens is 1. The average molecular weight is 515 g/mol. The number of hydrogen-bond acceptors (Lipinski definition) is 5. The largest absolute Gasteiger partial charge is 0.507 e. The fraction of sp³-hybridized carbons (Fsp3) is 0.290. The van der Waals surface area contributed by atoms with Crippen LogP contribution in [0.2, 0.25) is 0 Å². The van der Waals surface area contributed by atoms with Crippen LogP contribution in [0.1, 0.15) is 43.9 Å². The van der Waals surface area contributed by atoms with E-state index in [-0.39, 0.29) is 16.9 Å². The molecule has 0 aromatic heterocycles. The van der Waals surface area contributed by atoms with Crippen molar-refractivity contribution in [1.29, 1.82) is 0 Å². The van der Waals surface area contributed by atoms with Crippen molar-refractivity contribution in [3.63, 3.8) is 0 Å². The predicted octanol–water partition coefficient (Wildman–Crippen LogP) is 6.09. The first kappa shape index (κ1) is 25.5. The molecule has 196 valence electrons. The van der Waals surface area contributed by atoms with E-state index in [9.17, 15) is 14.7 Å². The molecule has 3 aromatic rings. The quantitative estimate of drug-likeness (QED) is 0.235. The van der Waals surface area contributed by atoms with E-state index in [1.165, 1.54) is 17.0 Å². The minimum absolute atomic E-state index is 0.129. The zero-order chi connectivity index (χ0) is 26.8. The smallest absolute Gasteiger partial charge is 0.300 e. The highest BCUT2D eigenvalue weighted by molar-refractivity contribution is 6.51. The van der Waals surface area contributed by atoms with E-state index >= 15 is 4.39 Å². The summed E-state index contributed by atoms with van der Waals surface area (Å²) >= 11 is 0. The van der Waals surface area contributed by atoms with Crippen LogP contribution in [-0.2, 0) is 9.59 Å². The Labute approximate surface area is 222 Å². The van der Waals surface area contributed by atoms with Crippen molar-refractivity contribution in [1.82, 2.24) is 0 Å². The van der Waals surface area contributed by atoms with Gasteiger partial charge in [-0.25, -0.2) is 4.39 Å². The number of Topliss-reactive ketones (excluding diaryl/α,β-unsaturated/α-hetero) is 1. The zero-order valence-corrected chi connectivity index (χ0v) is 21.6. The Kier molecular flexibility index (Phi) is 7.18. The van der Waals surface area contributed by atoms with E-state index in [0.717, 1.165) is 31.6 Å². The molecule has 6 nitrogen and oxygen atoms in total. The van der Waals surface area contributed by atoms with Gasteiger partial charge in [0.2, 0.25) is 0 Å². The highest BCUT2D eigenvalue weighted by Crippen LogP contribution is 2.43. The lowest BCUT2D eigenvalue weighted by atomic mass is 9.94. The number of ketones is 1. The summed E-state index contributed by atoms with van der Waals surface area (Å²) in [7, 11) is 0. The fourth-order valence-electron chi connectivity index (χ4n) is 5.04. The SMILES string of the molecule is CC(C)COc1cccc(/C(O)=C2\C(=O)C(=O)N(c3ccc(N4CCCC4)cc3)C2c2ccccc2F)c1. The summed E-state index contributed by atoms with van der Waals surface area (Å²) in [5.41, 5.74) is 1.77. The van der Waals surface area contributed by atoms with Crippen LogP contribution in [0.25, 0.3) is 5.76 Å². The van der Waals surface area contributed by atoms with E-state index in [1.54, 1.807) is 48.5 Å². The van der Waals surface area contributed by atoms with E-state index in [1.807, 2.05) is 26.0 Å². The molecule has 0 aliphatic carbocycles. The first-order chi connectivity index (χ1) is 18.3. The maximum atomic E-state index is 15.2. The second-order valence-corrected chi connectivity index (χ2v) is 10.1. The zero-order valence-electron chi connectivity index (χ0n) is 21.6. The maximum absolute atomic E-state index is 15.2. The molecule has 0 saturated carbocycles. The van der Waals surface area contributed by atoms with E-state index in [0.29, 0.717) is 29.5 Å². The van der Waals surface area contributed by atoms with Gasteiger partial charge in [0.25, 0.3) is 11.7 Å². The molecule has 2 aliphatic heterocycles. The molecule has 2 fully saturated rings. The van der Waals surface area contributed by atoms with Crippen LogP contribution in [0.4, 0.5) is 15.8 Å². The highest BCUT2D eigenvalue weighted by Gasteiger charge is 2.47. The summed E-state index contributed by atoms with van der Waals surface area (Å²) in [6.45, 7) is 6.48. The monoisotopic (exact) mass is 514 g/mol. The standard InChI is InChI=1S/C31H31FN2O4/c1-20(2)19-38-24-9-7-8-21(18-24)29(35)27-28(25-10-3-4-11-26(25)32)34(31(37)30(27)36)23-14-12-22(13-15-23)33-16-5-6-17-33/h3-4,7-15,18,20,28,35H,5-6,16-17,19H2,1-2H3/b29-27+. The number of benzene rings is 3. The summed E-state index contributed by atoms with van der Waals surface area (Å²) in [5, 5.41) is 11.4. The van der Waals surface area contributed by atoms with Gasteiger partial charge in [-0.05, 0) is 61.2 Å². The van der Waals surface area contributed by atoms with Crippen molar-refractivity contribution in [2.24, 2.45) is 5.92 Å². The number of carbonyl (C=O) groups is 2. The molecule has 1 unspecified atom stereocenters. The maximum Gasteiger partial charge on any atom is 0.300 e. The second kappa shape index (κ2) is 10.7. The number of amides is 1. The highest BCUT2D eigenvalue weighted by atomic mass is 19.1. The molecule has 0 radical (unpaired) electrons. The number of nitrogens with zero attached hydrogens (tertiary/aromatic N) is 2. The van der Waals surface area contributed by atoms with Crippen molar-refractivity contribution in [3.05, 3.63) is 95.3 Å². The lowest BCUT2D eigenvalue weighted by Gasteiger charge is -2.26. The van der Waals surface area contributed by atoms with Gasteiger partial charge in [0.05, 0.1) is 18.2 Å². The molecule has 38 heavy (non-hydrogen) atoms. The molecule has 5 rings (SSSR count). The molecule has 2 heterocycles. The Hall–Kier alpha value is -4.13. The minimum Gasteiger partial charge on any atom is -0.507 e. The minimum atomic E-state index is -1.13. The van der Waals surface area contributed by atoms with Gasteiger partial charge in [0.1, 0.15) is 17.3 Å². The summed E-state index contributed by atoms with van der Waals surface area (Å²) in [6, 6.07) is 19.0. The lowest BCUT2D eigenvalue weighted by Crippen LogP contribution is -2.30. The van der Waals surface area contributed by atoms with Gasteiger partial charge in [0.15, 0.2) is 0 Å². The van der Waals surface area contributed by atoms with Crippen molar-refractivity contribution in [2.75, 3.05) is 29.5 Å². The third-order valence-electron chi connectivity index (χ3n) is 6.93. The second-order valence-electron chi connectivity index (χ2n) is 10.1. The van der Waals surface area contributed by atoms with Gasteiger partial charge in [-0.2, -0.15) is 0 Å². The first-order valence-corrected chi connectivity index (χ1v) is 13.0. The number of anilines is 2. The van der Waals surface area contributed by atoms with Crippen molar-refractivity contribution < 1.29 is 23.8 Å². The Bertz CT molecular complexity index is 1380. The summed E-state index contributed by atoms with van der Waals surface area (Å²) in [4.78, 5) is 30.4. The number of rotatable bonds is 7. The fourth-order valence-corrected chi connectivity index (χ4v) is 5.04. The van der Waals surface area contributed by atoms with Crippen LogP contribution in [0.5, 0.6) is 5.75 Å². The molecule has 1 amide bonds. The molecule has 2 aliphatic rings. The Morgan fingerprint density at radius 2 is 1.66 bits per heavy atom. The molecule has 1 N–H and O–H groups in total. The molecule has 0 bridgehead atoms. The van der Waals surface area contributed by atoms with Crippen LogP contribution in [-0.4, -0.2) is 36.5 Å². The lowest BCUT2D eigenvalue weighted by molar-refractivity contribution is -0.132. The number of aliphatic hydroxyl groups excluding tert-OH is 1. The first-order valence-electron chi connectivity index (χ1n) is 13.0. The van der Waals surface area contributed by atoms with E-state index < -0.39 is 23.5 Å². The Balaban J connectivity index is 1.59. The number of ether oxygens (including phenoxy) is 1. The predicted molar refractivity (Wildman–Crippen MR) is 146 cm³/mol. The van der Waals surface area contributed by atoms with Gasteiger partial charge in [-0.15, -0.1) is 0 Å². The van der Waals surface area contributed by atoms with Gasteiger partial charge in [0, 0.05) is 35.6 Å². The molecule has 2 saturated heterocycles. The topological polar surface area (TPSA) is 70.1 Å². The van der Waals surface area contributed by atoms with Crippen LogP contribution >= 0.6 is 0 Å². The van der Waals surface area contributed by atoms with Crippen LogP contribution in [0.3, 0.4) is 0 Å². The Morgan fingerprint density at radius 3 is 2.34 bits per heavy atom. The summed E-state index contributed by atoms with van der Waals surface area (Å²) in [5.74, 6) is -1.80. The van der Waals surface area contributed by atoms with Crippen molar-refractivity contribution in [3.8, 4) is 5.75 Å². The van der Waals surface area contributed by atoms with Gasteiger partial charge < -0.3 is 14.7 Å². The van der Waals surface area contributed by atoms with E-state index in [2.05, 4.69) is 4.90 Å². The van der Waals surface area contributed by atoms with Crippen molar-refractivity contribution >= 4 is 28.8 Å². The van der Waals surface area contributed by atoms with Crippen LogP contribution in [0.15, 0.2) is 78.4 Å². The molecule has 0 spiro atoms. The molecule has 3 aromatic carbocycles. The molecule has 7 heteroatoms. The van der Waals surface area contributed by atoms with Crippen LogP contribution in [0, 0.1) is 11.7 Å². The van der Waals surface area contributed by atoms with E-state index in [4.69, 9.17) is 4.74 Å². The number of carbonyl (C=O) groups excluding carboxylic acids is 2. The number of hydrogen-bond donors (Lipinski definition) is 1. The normalized spacial score (nSPS) is 19.0. The van der Waals surface area contributed by atoms with Gasteiger partial charge in [-0.3, -0.25) is 14.5 Å². The molecule has 1 atom stereocenters. The third-order valence-corrected chi connectivity index (χ3v) is 6.93. The molecular formula is C31H31FN2O4.